The summed E-state index contributed by atoms with van der Waals surface area (Å²) in [4.78, 5) is 11.9. The molecule has 0 saturated carbocycles. The van der Waals surface area contributed by atoms with Crippen LogP contribution in [0.25, 0.3) is 6.08 Å². The molecule has 2 N–H and O–H groups in total. The average Bonchev–Trinajstić information content (AvgIpc) is 3.44. The molecule has 2 aromatic rings. The van der Waals surface area contributed by atoms with Gasteiger partial charge in [0.15, 0.2) is 23.0 Å². The fraction of sp³-hybridized carbons (Fsp3) is 0.375. The van der Waals surface area contributed by atoms with Crippen molar-refractivity contribution in [2.24, 2.45) is 0 Å². The van der Waals surface area contributed by atoms with Crippen LogP contribution < -0.4 is 29.6 Å². The highest BCUT2D eigenvalue weighted by molar-refractivity contribution is 5.78. The maximum absolute atomic E-state index is 11.9. The molecule has 0 aromatic heterocycles. The molecule has 0 atom stereocenters. The van der Waals surface area contributed by atoms with E-state index in [1.54, 1.807) is 0 Å². The van der Waals surface area contributed by atoms with Crippen molar-refractivity contribution in [1.29, 1.82) is 0 Å². The van der Waals surface area contributed by atoms with E-state index in [-0.39, 0.29) is 12.7 Å². The lowest BCUT2D eigenvalue weighted by Crippen LogP contribution is -2.27. The van der Waals surface area contributed by atoms with E-state index < -0.39 is 0 Å². The highest BCUT2D eigenvalue weighted by Crippen LogP contribution is 2.33. The van der Waals surface area contributed by atoms with Crippen molar-refractivity contribution >= 4 is 12.0 Å². The van der Waals surface area contributed by atoms with Gasteiger partial charge in [0.05, 0.1) is 0 Å². The number of fused-ring (bicyclic) bond motifs is 2. The zero-order valence-electron chi connectivity index (χ0n) is 17.5. The minimum Gasteiger partial charge on any atom is -0.454 e. The van der Waals surface area contributed by atoms with Crippen LogP contribution in [0.4, 0.5) is 0 Å². The molecule has 0 bridgehead atoms. The molecule has 164 valence electrons. The normalized spacial score (nSPS) is 13.7. The summed E-state index contributed by atoms with van der Waals surface area (Å²) in [6, 6.07) is 11.8. The lowest BCUT2D eigenvalue weighted by molar-refractivity contribution is -0.120. The Morgan fingerprint density at radius 2 is 1.55 bits per heavy atom. The Bertz CT molecular complexity index is 928. The van der Waals surface area contributed by atoms with Crippen LogP contribution in [0, 0.1) is 0 Å². The molecule has 1 amide bonds. The summed E-state index contributed by atoms with van der Waals surface area (Å²) < 4.78 is 21.4. The first kappa shape index (κ1) is 21.1. The maximum Gasteiger partial charge on any atom is 0.231 e. The SMILES string of the molecule is O=C(C/C=C/c1ccc2c(c1)OCO2)NCCCNCCCc1ccc2c(c1)OCO2. The smallest absolute Gasteiger partial charge is 0.231 e. The molecule has 2 aliphatic rings. The molecule has 4 rings (SSSR count). The zero-order chi connectivity index (χ0) is 21.3. The van der Waals surface area contributed by atoms with Crippen molar-refractivity contribution in [3.05, 3.63) is 53.6 Å². The van der Waals surface area contributed by atoms with Gasteiger partial charge in [-0.05, 0) is 67.7 Å². The zero-order valence-corrected chi connectivity index (χ0v) is 17.5. The third-order valence-corrected chi connectivity index (χ3v) is 5.12. The van der Waals surface area contributed by atoms with E-state index in [1.165, 1.54) is 5.56 Å². The van der Waals surface area contributed by atoms with Gasteiger partial charge in [-0.1, -0.05) is 24.3 Å². The molecule has 0 saturated heterocycles. The van der Waals surface area contributed by atoms with Crippen molar-refractivity contribution < 1.29 is 23.7 Å². The van der Waals surface area contributed by atoms with Gasteiger partial charge >= 0.3 is 0 Å². The van der Waals surface area contributed by atoms with Crippen molar-refractivity contribution in [3.63, 3.8) is 0 Å². The summed E-state index contributed by atoms with van der Waals surface area (Å²) in [5, 5.41) is 6.37. The van der Waals surface area contributed by atoms with Crippen LogP contribution in [-0.2, 0) is 11.2 Å². The number of rotatable bonds is 11. The molecular formula is C24H28N2O5. The van der Waals surface area contributed by atoms with E-state index in [0.29, 0.717) is 19.8 Å². The van der Waals surface area contributed by atoms with Crippen molar-refractivity contribution in [2.75, 3.05) is 33.2 Å². The molecule has 2 aromatic carbocycles. The molecular weight excluding hydrogens is 396 g/mol. The van der Waals surface area contributed by atoms with Crippen LogP contribution in [0.1, 0.15) is 30.4 Å². The van der Waals surface area contributed by atoms with E-state index in [2.05, 4.69) is 22.8 Å². The predicted octanol–water partition coefficient (Wildman–Crippen LogP) is 3.28. The monoisotopic (exact) mass is 424 g/mol. The second kappa shape index (κ2) is 10.7. The summed E-state index contributed by atoms with van der Waals surface area (Å²) in [7, 11) is 0. The minimum atomic E-state index is 0.0276. The first-order chi connectivity index (χ1) is 15.3. The summed E-state index contributed by atoms with van der Waals surface area (Å²) in [5.41, 5.74) is 2.24. The highest BCUT2D eigenvalue weighted by atomic mass is 16.7. The molecule has 0 fully saturated rings. The first-order valence-electron chi connectivity index (χ1n) is 10.7. The number of amides is 1. The number of hydrogen-bond acceptors (Lipinski definition) is 6. The number of ether oxygens (including phenoxy) is 4. The Morgan fingerprint density at radius 1 is 0.839 bits per heavy atom. The lowest BCUT2D eigenvalue weighted by atomic mass is 10.1. The van der Waals surface area contributed by atoms with Gasteiger partial charge in [-0.2, -0.15) is 0 Å². The van der Waals surface area contributed by atoms with Gasteiger partial charge in [0.2, 0.25) is 19.5 Å². The standard InChI is InChI=1S/C24H28N2O5/c27-24(6-1-4-18-7-9-20-22(14-18)30-16-28-20)26-13-3-12-25-11-2-5-19-8-10-21-23(15-19)31-17-29-21/h1,4,7-10,14-15,25H,2-3,5-6,11-13,16-17H2,(H,26,27)/b4-1+. The van der Waals surface area contributed by atoms with Crippen LogP contribution in [0.3, 0.4) is 0 Å². The second-order valence-corrected chi connectivity index (χ2v) is 7.46. The van der Waals surface area contributed by atoms with Gasteiger partial charge in [-0.25, -0.2) is 0 Å². The Hall–Kier alpha value is -3.19. The van der Waals surface area contributed by atoms with Crippen molar-refractivity contribution in [3.8, 4) is 23.0 Å². The Balaban J connectivity index is 1.02. The summed E-state index contributed by atoms with van der Waals surface area (Å²) >= 11 is 0. The molecule has 0 radical (unpaired) electrons. The molecule has 2 heterocycles. The van der Waals surface area contributed by atoms with Crippen molar-refractivity contribution in [1.82, 2.24) is 10.6 Å². The van der Waals surface area contributed by atoms with Gasteiger partial charge in [-0.3, -0.25) is 4.79 Å². The Labute approximate surface area is 182 Å². The van der Waals surface area contributed by atoms with E-state index in [4.69, 9.17) is 18.9 Å². The summed E-state index contributed by atoms with van der Waals surface area (Å²) in [6.07, 6.45) is 7.09. The fourth-order valence-electron chi connectivity index (χ4n) is 3.47. The summed E-state index contributed by atoms with van der Waals surface area (Å²) in [6.45, 7) is 3.08. The fourth-order valence-corrected chi connectivity index (χ4v) is 3.47. The molecule has 2 aliphatic heterocycles. The number of aryl methyl sites for hydroxylation is 1. The molecule has 0 aliphatic carbocycles. The van der Waals surface area contributed by atoms with E-state index in [1.807, 2.05) is 36.4 Å². The summed E-state index contributed by atoms with van der Waals surface area (Å²) in [5.74, 6) is 3.20. The van der Waals surface area contributed by atoms with Crippen LogP contribution in [0.15, 0.2) is 42.5 Å². The number of benzene rings is 2. The topological polar surface area (TPSA) is 78.1 Å². The van der Waals surface area contributed by atoms with Crippen LogP contribution in [0.5, 0.6) is 23.0 Å². The van der Waals surface area contributed by atoms with Gasteiger partial charge < -0.3 is 29.6 Å². The largest absolute Gasteiger partial charge is 0.454 e. The average molecular weight is 424 g/mol. The number of nitrogens with one attached hydrogen (secondary N) is 2. The molecule has 7 nitrogen and oxygen atoms in total. The van der Waals surface area contributed by atoms with Crippen LogP contribution in [0.2, 0.25) is 0 Å². The van der Waals surface area contributed by atoms with E-state index >= 15 is 0 Å². The van der Waals surface area contributed by atoms with Gasteiger partial charge in [0, 0.05) is 13.0 Å². The predicted molar refractivity (Wildman–Crippen MR) is 118 cm³/mol. The number of hydrogen-bond donors (Lipinski definition) is 2. The Kier molecular flexibility index (Phi) is 7.28. The highest BCUT2D eigenvalue weighted by Gasteiger charge is 2.13. The van der Waals surface area contributed by atoms with E-state index in [0.717, 1.165) is 60.9 Å². The quantitative estimate of drug-likeness (QED) is 0.539. The molecule has 0 spiro atoms. The van der Waals surface area contributed by atoms with Gasteiger partial charge in [0.1, 0.15) is 0 Å². The number of carbonyl (C=O) groups is 1. The second-order valence-electron chi connectivity index (χ2n) is 7.46. The van der Waals surface area contributed by atoms with Gasteiger partial charge in [0.25, 0.3) is 0 Å². The molecule has 0 unspecified atom stereocenters. The van der Waals surface area contributed by atoms with Crippen molar-refractivity contribution in [2.45, 2.75) is 25.7 Å². The third kappa shape index (κ3) is 6.15. The van der Waals surface area contributed by atoms with Crippen LogP contribution in [-0.4, -0.2) is 39.1 Å². The van der Waals surface area contributed by atoms with Crippen LogP contribution >= 0.6 is 0 Å². The maximum atomic E-state index is 11.9. The molecule has 31 heavy (non-hydrogen) atoms. The third-order valence-electron chi connectivity index (χ3n) is 5.12. The van der Waals surface area contributed by atoms with E-state index in [9.17, 15) is 4.79 Å². The minimum absolute atomic E-state index is 0.0276. The first-order valence-corrected chi connectivity index (χ1v) is 10.7. The Morgan fingerprint density at radius 3 is 2.39 bits per heavy atom. The van der Waals surface area contributed by atoms with Gasteiger partial charge in [-0.15, -0.1) is 0 Å². The lowest BCUT2D eigenvalue weighted by Gasteiger charge is -2.07. The number of carbonyl (C=O) groups excluding carboxylic acids is 1. The molecule has 7 heteroatoms.